The molecule has 0 aliphatic carbocycles. The summed E-state index contributed by atoms with van der Waals surface area (Å²) in [5.41, 5.74) is 4.67. The Morgan fingerprint density at radius 3 is 2.33 bits per heavy atom. The molecule has 0 aliphatic rings. The average Bonchev–Trinajstić information content (AvgIpc) is 2.27. The third-order valence-corrected chi connectivity index (χ3v) is 2.30. The van der Waals surface area contributed by atoms with E-state index in [1.165, 1.54) is 12.1 Å². The Morgan fingerprint density at radius 2 is 1.83 bits per heavy atom. The van der Waals surface area contributed by atoms with Crippen molar-refractivity contribution < 1.29 is 26.7 Å². The zero-order chi connectivity index (χ0) is 14.0. The van der Waals surface area contributed by atoms with Gasteiger partial charge >= 0.3 is 12.1 Å². The minimum Gasteiger partial charge on any atom is -0.494 e. The van der Waals surface area contributed by atoms with Crippen LogP contribution in [-0.2, 0) is 0 Å². The number of hydrogen-bond acceptors (Lipinski definition) is 2. The Bertz CT molecular complexity index is 405. The third-order valence-electron chi connectivity index (χ3n) is 2.30. The minimum absolute atomic E-state index is 0.198. The molecule has 0 saturated carbocycles. The summed E-state index contributed by atoms with van der Waals surface area (Å²) in [5.74, 6) is -4.79. The molecule has 0 aromatic heterocycles. The third kappa shape index (κ3) is 2.90. The van der Waals surface area contributed by atoms with Crippen molar-refractivity contribution in [2.45, 2.75) is 25.1 Å². The topological polar surface area (TPSA) is 35.2 Å². The first-order valence-corrected chi connectivity index (χ1v) is 5.13. The molecular formula is C11H12F5NO. The van der Waals surface area contributed by atoms with E-state index in [1.807, 2.05) is 0 Å². The Labute approximate surface area is 101 Å². The van der Waals surface area contributed by atoms with Gasteiger partial charge in [0.15, 0.2) is 0 Å². The normalized spacial score (nSPS) is 14.4. The van der Waals surface area contributed by atoms with Crippen LogP contribution in [0, 0.1) is 0 Å². The van der Waals surface area contributed by atoms with Gasteiger partial charge in [0.2, 0.25) is 0 Å². The second-order valence-electron chi connectivity index (χ2n) is 3.60. The zero-order valence-corrected chi connectivity index (χ0v) is 9.47. The minimum atomic E-state index is -5.69. The first-order valence-electron chi connectivity index (χ1n) is 5.13. The van der Waals surface area contributed by atoms with Crippen LogP contribution in [0.5, 0.6) is 5.75 Å². The van der Waals surface area contributed by atoms with Crippen molar-refractivity contribution in [3.05, 3.63) is 29.8 Å². The predicted octanol–water partition coefficient (Wildman–Crippen LogP) is 3.28. The lowest BCUT2D eigenvalue weighted by Gasteiger charge is -2.26. The van der Waals surface area contributed by atoms with Gasteiger partial charge in [0.25, 0.3) is 0 Å². The van der Waals surface area contributed by atoms with Crippen LogP contribution in [0.15, 0.2) is 24.3 Å². The molecule has 0 fully saturated rings. The molecule has 102 valence electrons. The second kappa shape index (κ2) is 5.09. The first kappa shape index (κ1) is 14.7. The van der Waals surface area contributed by atoms with Crippen LogP contribution < -0.4 is 10.5 Å². The number of nitrogens with two attached hydrogens (primary N) is 1. The van der Waals surface area contributed by atoms with Crippen LogP contribution in [0.2, 0.25) is 0 Å². The van der Waals surface area contributed by atoms with E-state index in [2.05, 4.69) is 0 Å². The molecule has 0 heterocycles. The smallest absolute Gasteiger partial charge is 0.455 e. The average molecular weight is 269 g/mol. The Morgan fingerprint density at radius 1 is 1.22 bits per heavy atom. The molecule has 1 aromatic rings. The summed E-state index contributed by atoms with van der Waals surface area (Å²) in [6.45, 7) is 1.94. The van der Waals surface area contributed by atoms with Gasteiger partial charge in [-0.2, -0.15) is 22.0 Å². The highest BCUT2D eigenvalue weighted by molar-refractivity contribution is 5.31. The molecule has 0 saturated heterocycles. The van der Waals surface area contributed by atoms with Crippen LogP contribution in [0.3, 0.4) is 0 Å². The zero-order valence-electron chi connectivity index (χ0n) is 9.47. The van der Waals surface area contributed by atoms with E-state index in [9.17, 15) is 22.0 Å². The highest BCUT2D eigenvalue weighted by Crippen LogP contribution is 2.43. The molecular weight excluding hydrogens is 257 g/mol. The molecule has 1 rings (SSSR count). The maximum absolute atomic E-state index is 13.0. The van der Waals surface area contributed by atoms with Crippen molar-refractivity contribution >= 4 is 0 Å². The fourth-order valence-electron chi connectivity index (χ4n) is 1.35. The van der Waals surface area contributed by atoms with Gasteiger partial charge in [0.1, 0.15) is 11.8 Å². The molecule has 2 N–H and O–H groups in total. The molecule has 0 bridgehead atoms. The van der Waals surface area contributed by atoms with E-state index in [4.69, 9.17) is 10.5 Å². The number of benzene rings is 1. The second-order valence-corrected chi connectivity index (χ2v) is 3.60. The van der Waals surface area contributed by atoms with E-state index in [-0.39, 0.29) is 17.9 Å². The number of alkyl halides is 5. The summed E-state index contributed by atoms with van der Waals surface area (Å²) in [4.78, 5) is 0. The molecule has 2 nitrogen and oxygen atoms in total. The van der Waals surface area contributed by atoms with Crippen LogP contribution in [0.25, 0.3) is 0 Å². The lowest BCUT2D eigenvalue weighted by molar-refractivity contribution is -0.291. The maximum Gasteiger partial charge on any atom is 0.455 e. The Hall–Kier alpha value is -1.37. The summed E-state index contributed by atoms with van der Waals surface area (Å²) >= 11 is 0. The SMILES string of the molecule is CCOc1cccc([C@H](N)C(F)(F)C(F)(F)F)c1. The van der Waals surface area contributed by atoms with E-state index >= 15 is 0 Å². The van der Waals surface area contributed by atoms with Gasteiger partial charge in [0, 0.05) is 0 Å². The molecule has 0 unspecified atom stereocenters. The summed E-state index contributed by atoms with van der Waals surface area (Å²) in [7, 11) is 0. The maximum atomic E-state index is 13.0. The molecule has 1 atom stereocenters. The van der Waals surface area contributed by atoms with E-state index in [0.29, 0.717) is 0 Å². The Kier molecular flexibility index (Phi) is 4.16. The predicted molar refractivity (Wildman–Crippen MR) is 55.5 cm³/mol. The summed E-state index contributed by atoms with van der Waals surface area (Å²) in [6, 6.07) is 2.48. The summed E-state index contributed by atoms with van der Waals surface area (Å²) in [5, 5.41) is 0. The van der Waals surface area contributed by atoms with E-state index < -0.39 is 18.1 Å². The summed E-state index contributed by atoms with van der Waals surface area (Å²) < 4.78 is 67.6. The van der Waals surface area contributed by atoms with Crippen LogP contribution in [-0.4, -0.2) is 18.7 Å². The fraction of sp³-hybridized carbons (Fsp3) is 0.455. The highest BCUT2D eigenvalue weighted by Gasteiger charge is 2.61. The molecule has 0 amide bonds. The van der Waals surface area contributed by atoms with Gasteiger partial charge in [-0.15, -0.1) is 0 Å². The quantitative estimate of drug-likeness (QED) is 0.851. The van der Waals surface area contributed by atoms with Crippen molar-refractivity contribution in [2.24, 2.45) is 5.73 Å². The van der Waals surface area contributed by atoms with Crippen LogP contribution in [0.1, 0.15) is 18.5 Å². The lowest BCUT2D eigenvalue weighted by Crippen LogP contribution is -2.45. The molecule has 0 spiro atoms. The first-order chi connectivity index (χ1) is 8.20. The van der Waals surface area contributed by atoms with E-state index in [0.717, 1.165) is 12.1 Å². The standard InChI is InChI=1S/C11H12F5NO/c1-2-18-8-5-3-4-7(6-8)9(17)10(12,13)11(14,15)16/h3-6,9H,2,17H2,1H3/t9-/m0/s1. The van der Waals surface area contributed by atoms with Crippen molar-refractivity contribution in [3.63, 3.8) is 0 Å². The largest absolute Gasteiger partial charge is 0.494 e. The van der Waals surface area contributed by atoms with Gasteiger partial charge in [-0.05, 0) is 24.6 Å². The van der Waals surface area contributed by atoms with Gasteiger partial charge in [-0.1, -0.05) is 12.1 Å². The molecule has 0 aliphatic heterocycles. The van der Waals surface area contributed by atoms with E-state index in [1.54, 1.807) is 6.92 Å². The number of hydrogen-bond donors (Lipinski definition) is 1. The van der Waals surface area contributed by atoms with Gasteiger partial charge in [0.05, 0.1) is 6.61 Å². The number of ether oxygens (including phenoxy) is 1. The summed E-state index contributed by atoms with van der Waals surface area (Å²) in [6.07, 6.45) is -5.69. The van der Waals surface area contributed by atoms with Crippen molar-refractivity contribution in [1.29, 1.82) is 0 Å². The van der Waals surface area contributed by atoms with Crippen molar-refractivity contribution in [3.8, 4) is 5.75 Å². The Balaban J connectivity index is 3.03. The number of halogens is 5. The molecule has 18 heavy (non-hydrogen) atoms. The van der Waals surface area contributed by atoms with Crippen LogP contribution in [0.4, 0.5) is 22.0 Å². The van der Waals surface area contributed by atoms with Gasteiger partial charge < -0.3 is 10.5 Å². The molecule has 1 aromatic carbocycles. The van der Waals surface area contributed by atoms with Gasteiger partial charge in [-0.3, -0.25) is 0 Å². The highest BCUT2D eigenvalue weighted by atomic mass is 19.4. The van der Waals surface area contributed by atoms with Gasteiger partial charge in [-0.25, -0.2) is 0 Å². The molecule has 7 heteroatoms. The van der Waals surface area contributed by atoms with Crippen LogP contribution >= 0.6 is 0 Å². The molecule has 0 radical (unpaired) electrons. The fourth-order valence-corrected chi connectivity index (χ4v) is 1.35. The lowest BCUT2D eigenvalue weighted by atomic mass is 10.0. The number of rotatable bonds is 4. The van der Waals surface area contributed by atoms with Crippen molar-refractivity contribution in [2.75, 3.05) is 6.61 Å². The van der Waals surface area contributed by atoms with Crippen molar-refractivity contribution in [1.82, 2.24) is 0 Å². The monoisotopic (exact) mass is 269 g/mol.